The molecular weight excluding hydrogens is 351 g/mol. The standard InChI is InChI=1S/C21H22F3N3/c22-21(23,24)19-5-1-3-17(11-19)14-27-8-2-4-16(13-27)9-15-6-7-20-18(10-15)12-25-26-20/h1,3,5-7,10-12,16H,2,4,8-9,13-14H2,(H,25,26). The summed E-state index contributed by atoms with van der Waals surface area (Å²) < 4.78 is 38.8. The summed E-state index contributed by atoms with van der Waals surface area (Å²) in [4.78, 5) is 2.28. The summed E-state index contributed by atoms with van der Waals surface area (Å²) in [5.74, 6) is 0.522. The number of nitrogens with zero attached hydrogens (tertiary/aromatic N) is 2. The summed E-state index contributed by atoms with van der Waals surface area (Å²) in [6, 6.07) is 12.0. The first-order chi connectivity index (χ1) is 13.0. The van der Waals surface area contributed by atoms with Crippen molar-refractivity contribution in [2.24, 2.45) is 5.92 Å². The van der Waals surface area contributed by atoms with Crippen LogP contribution in [0.2, 0.25) is 0 Å². The van der Waals surface area contributed by atoms with E-state index in [0.717, 1.165) is 54.9 Å². The lowest BCUT2D eigenvalue weighted by Gasteiger charge is -2.33. The van der Waals surface area contributed by atoms with E-state index in [1.807, 2.05) is 6.20 Å². The van der Waals surface area contributed by atoms with Gasteiger partial charge in [0, 0.05) is 18.5 Å². The maximum absolute atomic E-state index is 12.9. The molecule has 0 amide bonds. The van der Waals surface area contributed by atoms with Crippen molar-refractivity contribution in [2.75, 3.05) is 13.1 Å². The Bertz CT molecular complexity index is 916. The van der Waals surface area contributed by atoms with Crippen LogP contribution in [0.15, 0.2) is 48.7 Å². The number of hydrogen-bond donors (Lipinski definition) is 1. The topological polar surface area (TPSA) is 31.9 Å². The second kappa shape index (κ2) is 7.35. The van der Waals surface area contributed by atoms with Crippen LogP contribution in [0.3, 0.4) is 0 Å². The van der Waals surface area contributed by atoms with Crippen molar-refractivity contribution in [3.63, 3.8) is 0 Å². The number of H-pyrrole nitrogens is 1. The zero-order chi connectivity index (χ0) is 18.9. The van der Waals surface area contributed by atoms with Gasteiger partial charge in [-0.1, -0.05) is 24.3 Å². The van der Waals surface area contributed by atoms with Crippen LogP contribution < -0.4 is 0 Å². The van der Waals surface area contributed by atoms with Crippen molar-refractivity contribution in [3.05, 3.63) is 65.4 Å². The molecule has 0 radical (unpaired) electrons. The first kappa shape index (κ1) is 18.0. The van der Waals surface area contributed by atoms with Gasteiger partial charge in [-0.2, -0.15) is 18.3 Å². The highest BCUT2D eigenvalue weighted by Gasteiger charge is 2.30. The maximum Gasteiger partial charge on any atom is 0.416 e. The van der Waals surface area contributed by atoms with Gasteiger partial charge in [0.1, 0.15) is 0 Å². The molecule has 0 spiro atoms. The Balaban J connectivity index is 1.40. The fourth-order valence-electron chi connectivity index (χ4n) is 4.02. The molecule has 1 N–H and O–H groups in total. The Morgan fingerprint density at radius 2 is 2.00 bits per heavy atom. The van der Waals surface area contributed by atoms with Crippen molar-refractivity contribution < 1.29 is 13.2 Å². The predicted molar refractivity (Wildman–Crippen MR) is 99.2 cm³/mol. The smallest absolute Gasteiger partial charge is 0.299 e. The largest absolute Gasteiger partial charge is 0.416 e. The molecule has 1 atom stereocenters. The summed E-state index contributed by atoms with van der Waals surface area (Å²) >= 11 is 0. The number of benzene rings is 2. The average Bonchev–Trinajstić information content (AvgIpc) is 3.09. The molecule has 1 unspecified atom stereocenters. The van der Waals surface area contributed by atoms with Crippen molar-refractivity contribution in [2.45, 2.75) is 32.0 Å². The molecule has 0 bridgehead atoms. The number of likely N-dealkylation sites (tertiary alicyclic amines) is 1. The Morgan fingerprint density at radius 1 is 1.11 bits per heavy atom. The van der Waals surface area contributed by atoms with Crippen molar-refractivity contribution in [3.8, 4) is 0 Å². The first-order valence-corrected chi connectivity index (χ1v) is 9.28. The van der Waals surface area contributed by atoms with E-state index in [9.17, 15) is 13.2 Å². The molecular formula is C21H22F3N3. The van der Waals surface area contributed by atoms with Crippen LogP contribution in [-0.2, 0) is 19.1 Å². The molecule has 1 aliphatic heterocycles. The Kier molecular flexibility index (Phi) is 4.91. The number of nitrogens with one attached hydrogen (secondary N) is 1. The normalized spacial score (nSPS) is 18.9. The molecule has 1 fully saturated rings. The van der Waals surface area contributed by atoms with Crippen LogP contribution in [0.1, 0.15) is 29.5 Å². The zero-order valence-corrected chi connectivity index (χ0v) is 15.0. The van der Waals surface area contributed by atoms with Gasteiger partial charge in [0.25, 0.3) is 0 Å². The van der Waals surface area contributed by atoms with E-state index < -0.39 is 11.7 Å². The second-order valence-corrected chi connectivity index (χ2v) is 7.44. The van der Waals surface area contributed by atoms with Gasteiger partial charge < -0.3 is 0 Å². The van der Waals surface area contributed by atoms with E-state index in [4.69, 9.17) is 0 Å². The molecule has 3 aromatic rings. The number of fused-ring (bicyclic) bond motifs is 1. The molecule has 1 aliphatic rings. The van der Waals surface area contributed by atoms with Crippen molar-refractivity contribution in [1.82, 2.24) is 15.1 Å². The first-order valence-electron chi connectivity index (χ1n) is 9.28. The van der Waals surface area contributed by atoms with Gasteiger partial charge in [0.2, 0.25) is 0 Å². The lowest BCUT2D eigenvalue weighted by atomic mass is 9.90. The van der Waals surface area contributed by atoms with Crippen LogP contribution in [0.4, 0.5) is 13.2 Å². The highest BCUT2D eigenvalue weighted by molar-refractivity contribution is 5.78. The summed E-state index contributed by atoms with van der Waals surface area (Å²) in [5, 5.41) is 8.14. The molecule has 0 aliphatic carbocycles. The van der Waals surface area contributed by atoms with Gasteiger partial charge in [-0.25, -0.2) is 0 Å². The maximum atomic E-state index is 12.9. The van der Waals surface area contributed by atoms with E-state index in [-0.39, 0.29) is 0 Å². The minimum Gasteiger partial charge on any atom is -0.299 e. The molecule has 3 nitrogen and oxygen atoms in total. The lowest BCUT2D eigenvalue weighted by Crippen LogP contribution is -2.35. The highest BCUT2D eigenvalue weighted by Crippen LogP contribution is 2.30. The van der Waals surface area contributed by atoms with Gasteiger partial charge >= 0.3 is 6.18 Å². The second-order valence-electron chi connectivity index (χ2n) is 7.44. The van der Waals surface area contributed by atoms with Gasteiger partial charge in [0.15, 0.2) is 0 Å². The monoisotopic (exact) mass is 373 g/mol. The molecule has 1 aromatic heterocycles. The Labute approximate surface area is 156 Å². The molecule has 1 saturated heterocycles. The SMILES string of the molecule is FC(F)(F)c1cccc(CN2CCCC(Cc3ccc4[nH]ncc4c3)C2)c1. The van der Waals surface area contributed by atoms with Crippen LogP contribution in [0.5, 0.6) is 0 Å². The zero-order valence-electron chi connectivity index (χ0n) is 15.0. The number of aromatic amines is 1. The number of aromatic nitrogens is 2. The van der Waals surface area contributed by atoms with E-state index in [1.54, 1.807) is 6.07 Å². The van der Waals surface area contributed by atoms with Crippen LogP contribution in [0, 0.1) is 5.92 Å². The third kappa shape index (κ3) is 4.33. The summed E-state index contributed by atoms with van der Waals surface area (Å²) in [6.07, 6.45) is 0.770. The quantitative estimate of drug-likeness (QED) is 0.695. The summed E-state index contributed by atoms with van der Waals surface area (Å²) in [7, 11) is 0. The number of halogens is 3. The third-order valence-electron chi connectivity index (χ3n) is 5.29. The van der Waals surface area contributed by atoms with E-state index in [1.165, 1.54) is 17.7 Å². The van der Waals surface area contributed by atoms with Gasteiger partial charge in [0.05, 0.1) is 17.3 Å². The fourth-order valence-corrected chi connectivity index (χ4v) is 4.02. The number of alkyl halides is 3. The third-order valence-corrected chi connectivity index (χ3v) is 5.29. The molecule has 2 aromatic carbocycles. The van der Waals surface area contributed by atoms with E-state index >= 15 is 0 Å². The van der Waals surface area contributed by atoms with Crippen molar-refractivity contribution in [1.29, 1.82) is 0 Å². The Hall–Kier alpha value is -2.34. The molecule has 2 heterocycles. The van der Waals surface area contributed by atoms with E-state index in [2.05, 4.69) is 33.3 Å². The van der Waals surface area contributed by atoms with Crippen LogP contribution in [-0.4, -0.2) is 28.2 Å². The minimum atomic E-state index is -4.29. The van der Waals surface area contributed by atoms with Gasteiger partial charge in [-0.15, -0.1) is 0 Å². The summed E-state index contributed by atoms with van der Waals surface area (Å²) in [6.45, 7) is 2.42. The van der Waals surface area contributed by atoms with E-state index in [0.29, 0.717) is 12.5 Å². The van der Waals surface area contributed by atoms with Crippen LogP contribution in [0.25, 0.3) is 10.9 Å². The highest BCUT2D eigenvalue weighted by atomic mass is 19.4. The summed E-state index contributed by atoms with van der Waals surface area (Å²) in [5.41, 5.74) is 2.48. The average molecular weight is 373 g/mol. The fraction of sp³-hybridized carbons (Fsp3) is 0.381. The predicted octanol–water partition coefficient (Wildman–Crippen LogP) is 5.04. The van der Waals surface area contributed by atoms with Gasteiger partial charge in [-0.05, 0) is 61.1 Å². The molecule has 0 saturated carbocycles. The minimum absolute atomic E-state index is 0.522. The van der Waals surface area contributed by atoms with Crippen LogP contribution >= 0.6 is 0 Å². The lowest BCUT2D eigenvalue weighted by molar-refractivity contribution is -0.137. The molecule has 4 rings (SSSR count). The number of rotatable bonds is 4. The van der Waals surface area contributed by atoms with Crippen molar-refractivity contribution >= 4 is 10.9 Å². The number of hydrogen-bond acceptors (Lipinski definition) is 2. The molecule has 27 heavy (non-hydrogen) atoms. The molecule has 142 valence electrons. The number of piperidine rings is 1. The molecule has 6 heteroatoms. The van der Waals surface area contributed by atoms with Gasteiger partial charge in [-0.3, -0.25) is 10.00 Å². The Morgan fingerprint density at radius 3 is 2.85 bits per heavy atom.